The Kier molecular flexibility index (Phi) is 4.27. The molecule has 22 heavy (non-hydrogen) atoms. The van der Waals surface area contributed by atoms with Crippen molar-refractivity contribution in [1.82, 2.24) is 14.7 Å². The van der Waals surface area contributed by atoms with Gasteiger partial charge in [0.25, 0.3) is 5.88 Å². The molecule has 2 aromatic heterocycles. The topological polar surface area (TPSA) is 84.4 Å². The van der Waals surface area contributed by atoms with E-state index in [1.165, 1.54) is 11.3 Å². The predicted molar refractivity (Wildman–Crippen MR) is 83.8 cm³/mol. The van der Waals surface area contributed by atoms with Gasteiger partial charge in [0.2, 0.25) is 10.0 Å². The van der Waals surface area contributed by atoms with Crippen molar-refractivity contribution in [2.24, 2.45) is 0 Å². The molecular formula is C13H16N4O3S2. The number of anilines is 1. The minimum atomic E-state index is -3.45. The number of sulfonamides is 1. The van der Waals surface area contributed by atoms with Gasteiger partial charge in [-0.1, -0.05) is 6.07 Å². The molecule has 0 radical (unpaired) electrons. The highest BCUT2D eigenvalue weighted by atomic mass is 32.2. The molecule has 0 bridgehead atoms. The molecule has 0 spiro atoms. The number of nitrogens with one attached hydrogen (secondary N) is 1. The molecule has 0 unspecified atom stereocenters. The van der Waals surface area contributed by atoms with Crippen LogP contribution in [0.15, 0.2) is 34.1 Å². The lowest BCUT2D eigenvalue weighted by atomic mass is 10.3. The lowest BCUT2D eigenvalue weighted by molar-refractivity contribution is 0.396. The highest BCUT2D eigenvalue weighted by Crippen LogP contribution is 2.26. The normalized spacial score (nSPS) is 18.6. The van der Waals surface area contributed by atoms with E-state index in [-0.39, 0.29) is 6.04 Å². The van der Waals surface area contributed by atoms with Gasteiger partial charge >= 0.3 is 0 Å². The van der Waals surface area contributed by atoms with Gasteiger partial charge < -0.3 is 9.64 Å². The summed E-state index contributed by atoms with van der Waals surface area (Å²) in [6.07, 6.45) is 3.88. The molecule has 118 valence electrons. The summed E-state index contributed by atoms with van der Waals surface area (Å²) in [5.74, 6) is 1.09. The van der Waals surface area contributed by atoms with E-state index in [0.29, 0.717) is 35.4 Å². The third kappa shape index (κ3) is 3.06. The van der Waals surface area contributed by atoms with Crippen molar-refractivity contribution in [3.8, 4) is 5.88 Å². The van der Waals surface area contributed by atoms with Crippen LogP contribution in [-0.4, -0.2) is 44.6 Å². The van der Waals surface area contributed by atoms with Gasteiger partial charge in [-0.3, -0.25) is 0 Å². The Balaban J connectivity index is 1.70. The zero-order valence-electron chi connectivity index (χ0n) is 12.0. The summed E-state index contributed by atoms with van der Waals surface area (Å²) in [5.41, 5.74) is 0. The standard InChI is InChI=1S/C13H16N4O3S2/c1-20-13-12(14-5-6-15-13)17-7-4-10(9-17)16-22(18,19)11-3-2-8-21-11/h2-3,5-6,8,10,16H,4,7,9H2,1H3/t10-/m0/s1. The molecule has 0 aliphatic carbocycles. The molecule has 3 rings (SSSR count). The average Bonchev–Trinajstić information content (AvgIpc) is 3.18. The monoisotopic (exact) mass is 340 g/mol. The van der Waals surface area contributed by atoms with Crippen LogP contribution < -0.4 is 14.4 Å². The Morgan fingerprint density at radius 2 is 2.23 bits per heavy atom. The van der Waals surface area contributed by atoms with Gasteiger partial charge in [0, 0.05) is 31.5 Å². The lowest BCUT2D eigenvalue weighted by Gasteiger charge is -2.19. The van der Waals surface area contributed by atoms with E-state index in [1.54, 1.807) is 37.0 Å². The van der Waals surface area contributed by atoms with Crippen molar-refractivity contribution >= 4 is 27.2 Å². The number of ether oxygens (including phenoxy) is 1. The van der Waals surface area contributed by atoms with Crippen molar-refractivity contribution in [1.29, 1.82) is 0 Å². The fraction of sp³-hybridized carbons (Fsp3) is 0.385. The minimum Gasteiger partial charge on any atom is -0.478 e. The Bertz CT molecular complexity index is 734. The molecule has 1 atom stereocenters. The largest absolute Gasteiger partial charge is 0.478 e. The molecular weight excluding hydrogens is 324 g/mol. The molecule has 2 aromatic rings. The van der Waals surface area contributed by atoms with Crippen LogP contribution in [0.3, 0.4) is 0 Å². The van der Waals surface area contributed by atoms with Crippen molar-refractivity contribution in [2.75, 3.05) is 25.1 Å². The summed E-state index contributed by atoms with van der Waals surface area (Å²) >= 11 is 1.21. The van der Waals surface area contributed by atoms with Crippen molar-refractivity contribution in [3.63, 3.8) is 0 Å². The molecule has 7 nitrogen and oxygen atoms in total. The third-order valence-electron chi connectivity index (χ3n) is 3.41. The van der Waals surface area contributed by atoms with Crippen LogP contribution in [0.25, 0.3) is 0 Å². The van der Waals surface area contributed by atoms with Gasteiger partial charge in [0.05, 0.1) is 7.11 Å². The summed E-state index contributed by atoms with van der Waals surface area (Å²) in [4.78, 5) is 10.4. The van der Waals surface area contributed by atoms with Crippen LogP contribution in [0, 0.1) is 0 Å². The molecule has 1 fully saturated rings. The fourth-order valence-electron chi connectivity index (χ4n) is 2.42. The Morgan fingerprint density at radius 1 is 1.41 bits per heavy atom. The highest BCUT2D eigenvalue weighted by Gasteiger charge is 2.29. The molecule has 0 amide bonds. The maximum absolute atomic E-state index is 12.2. The predicted octanol–water partition coefficient (Wildman–Crippen LogP) is 1.10. The number of methoxy groups -OCH3 is 1. The van der Waals surface area contributed by atoms with Crippen LogP contribution in [0.5, 0.6) is 5.88 Å². The second-order valence-corrected chi connectivity index (χ2v) is 7.76. The van der Waals surface area contributed by atoms with E-state index in [1.807, 2.05) is 4.90 Å². The fourth-order valence-corrected chi connectivity index (χ4v) is 4.69. The van der Waals surface area contributed by atoms with E-state index in [4.69, 9.17) is 4.74 Å². The summed E-state index contributed by atoms with van der Waals surface area (Å²) in [6, 6.07) is 3.18. The Hall–Kier alpha value is -1.71. The zero-order valence-corrected chi connectivity index (χ0v) is 13.6. The third-order valence-corrected chi connectivity index (χ3v) is 6.33. The first-order valence-corrected chi connectivity index (χ1v) is 9.12. The molecule has 1 aliphatic heterocycles. The lowest BCUT2D eigenvalue weighted by Crippen LogP contribution is -2.37. The summed E-state index contributed by atoms with van der Waals surface area (Å²) < 4.78 is 32.8. The minimum absolute atomic E-state index is 0.154. The number of thiophene rings is 1. The molecule has 3 heterocycles. The van der Waals surface area contributed by atoms with Crippen LogP contribution in [-0.2, 0) is 10.0 Å². The first kappa shape index (κ1) is 15.2. The number of hydrogen-bond donors (Lipinski definition) is 1. The smallest absolute Gasteiger partial charge is 0.257 e. The average molecular weight is 340 g/mol. The van der Waals surface area contributed by atoms with Crippen molar-refractivity contribution in [2.45, 2.75) is 16.7 Å². The molecule has 0 saturated carbocycles. The SMILES string of the molecule is COc1nccnc1N1CC[C@H](NS(=O)(=O)c2cccs2)C1. The van der Waals surface area contributed by atoms with Crippen molar-refractivity contribution in [3.05, 3.63) is 29.9 Å². The maximum Gasteiger partial charge on any atom is 0.257 e. The van der Waals surface area contributed by atoms with Crippen LogP contribution >= 0.6 is 11.3 Å². The van der Waals surface area contributed by atoms with Gasteiger partial charge in [-0.25, -0.2) is 23.1 Å². The van der Waals surface area contributed by atoms with Gasteiger partial charge in [-0.15, -0.1) is 11.3 Å². The summed E-state index contributed by atoms with van der Waals surface area (Å²) in [7, 11) is -1.90. The molecule has 1 aliphatic rings. The zero-order chi connectivity index (χ0) is 15.6. The van der Waals surface area contributed by atoms with Crippen molar-refractivity contribution < 1.29 is 13.2 Å². The summed E-state index contributed by atoms with van der Waals surface area (Å²) in [5, 5.41) is 1.75. The Labute approximate surface area is 133 Å². The van der Waals surface area contributed by atoms with Crippen LogP contribution in [0.2, 0.25) is 0 Å². The molecule has 0 aromatic carbocycles. The van der Waals surface area contributed by atoms with Gasteiger partial charge in [-0.2, -0.15) is 0 Å². The second kappa shape index (κ2) is 6.19. The Morgan fingerprint density at radius 3 is 2.95 bits per heavy atom. The number of nitrogens with zero attached hydrogens (tertiary/aromatic N) is 3. The van der Waals surface area contributed by atoms with E-state index in [2.05, 4.69) is 14.7 Å². The van der Waals surface area contributed by atoms with E-state index >= 15 is 0 Å². The van der Waals surface area contributed by atoms with Gasteiger partial charge in [0.1, 0.15) is 4.21 Å². The molecule has 1 N–H and O–H groups in total. The maximum atomic E-state index is 12.2. The van der Waals surface area contributed by atoms with E-state index < -0.39 is 10.0 Å². The highest BCUT2D eigenvalue weighted by molar-refractivity contribution is 7.91. The molecule has 9 heteroatoms. The first-order chi connectivity index (χ1) is 10.6. The number of rotatable bonds is 5. The second-order valence-electron chi connectivity index (χ2n) is 4.87. The quantitative estimate of drug-likeness (QED) is 0.877. The van der Waals surface area contributed by atoms with Crippen LogP contribution in [0.4, 0.5) is 5.82 Å². The first-order valence-electron chi connectivity index (χ1n) is 6.76. The van der Waals surface area contributed by atoms with E-state index in [0.717, 1.165) is 0 Å². The number of aromatic nitrogens is 2. The van der Waals surface area contributed by atoms with Gasteiger partial charge in [-0.05, 0) is 17.9 Å². The van der Waals surface area contributed by atoms with Crippen LogP contribution in [0.1, 0.15) is 6.42 Å². The van der Waals surface area contributed by atoms with E-state index in [9.17, 15) is 8.42 Å². The molecule has 1 saturated heterocycles. The number of hydrogen-bond acceptors (Lipinski definition) is 7. The van der Waals surface area contributed by atoms with Gasteiger partial charge in [0.15, 0.2) is 5.82 Å². The summed E-state index contributed by atoms with van der Waals surface area (Å²) in [6.45, 7) is 1.24.